The topological polar surface area (TPSA) is 61.9 Å². The van der Waals surface area contributed by atoms with Crippen LogP contribution in [0.5, 0.6) is 5.75 Å². The van der Waals surface area contributed by atoms with Gasteiger partial charge in [0.05, 0.1) is 0 Å². The highest BCUT2D eigenvalue weighted by Gasteiger charge is 2.17. The van der Waals surface area contributed by atoms with Gasteiger partial charge in [-0.05, 0) is 35.4 Å². The predicted molar refractivity (Wildman–Crippen MR) is 76.6 cm³/mol. The number of tetrazole rings is 1. The van der Waals surface area contributed by atoms with Crippen molar-refractivity contribution in [2.45, 2.75) is 32.9 Å². The van der Waals surface area contributed by atoms with Gasteiger partial charge in [-0.25, -0.2) is 13.6 Å². The number of benzene rings is 1. The van der Waals surface area contributed by atoms with Crippen molar-refractivity contribution >= 4 is 0 Å². The minimum Gasteiger partial charge on any atom is -0.488 e. The van der Waals surface area contributed by atoms with Crippen LogP contribution in [0.15, 0.2) is 16.9 Å². The number of aromatic nitrogens is 4. The van der Waals surface area contributed by atoms with Crippen LogP contribution in [0.1, 0.15) is 25.8 Å². The largest absolute Gasteiger partial charge is 0.488 e. The fraction of sp³-hybridized carbons (Fsp3) is 0.500. The maximum atomic E-state index is 14.1. The van der Waals surface area contributed by atoms with Crippen LogP contribution in [0.3, 0.4) is 0 Å². The van der Waals surface area contributed by atoms with Crippen LogP contribution in [0.25, 0.3) is 5.69 Å². The zero-order valence-corrected chi connectivity index (χ0v) is 12.7. The monoisotopic (exact) mass is 312 g/mol. The molecule has 0 radical (unpaired) electrons. The third-order valence-corrected chi connectivity index (χ3v) is 3.07. The first-order chi connectivity index (χ1) is 10.4. The van der Waals surface area contributed by atoms with E-state index in [1.807, 2.05) is 6.92 Å². The van der Waals surface area contributed by atoms with E-state index in [-0.39, 0.29) is 18.0 Å². The van der Waals surface area contributed by atoms with Crippen LogP contribution in [-0.2, 0) is 13.5 Å². The molecule has 2 rings (SSSR count). The van der Waals surface area contributed by atoms with E-state index in [0.717, 1.165) is 21.9 Å². The number of aryl methyl sites for hydroxylation is 2. The molecule has 1 aromatic heterocycles. The lowest BCUT2D eigenvalue weighted by molar-refractivity contribution is 0.208. The molecule has 0 bridgehead atoms. The van der Waals surface area contributed by atoms with E-state index in [1.54, 1.807) is 0 Å². The Kier molecular flexibility index (Phi) is 4.89. The minimum absolute atomic E-state index is 0.0597. The van der Waals surface area contributed by atoms with E-state index in [4.69, 9.17) is 4.74 Å². The van der Waals surface area contributed by atoms with Crippen molar-refractivity contribution in [2.75, 3.05) is 6.61 Å². The molecule has 0 aliphatic carbocycles. The molecule has 0 saturated heterocycles. The first-order valence-electron chi connectivity index (χ1n) is 7.02. The van der Waals surface area contributed by atoms with Gasteiger partial charge in [0.25, 0.3) is 0 Å². The molecular formula is C14H18F2N4O2. The van der Waals surface area contributed by atoms with Crippen molar-refractivity contribution in [1.82, 2.24) is 19.8 Å². The highest BCUT2D eigenvalue weighted by atomic mass is 19.1. The van der Waals surface area contributed by atoms with E-state index >= 15 is 0 Å². The Morgan fingerprint density at radius 2 is 2.09 bits per heavy atom. The second-order valence-electron chi connectivity index (χ2n) is 5.05. The number of nitrogens with zero attached hydrogens (tertiary/aromatic N) is 4. The summed E-state index contributed by atoms with van der Waals surface area (Å²) in [5.41, 5.74) is 0.200. The Balaban J connectivity index is 2.54. The molecule has 8 heteroatoms. The maximum absolute atomic E-state index is 14.1. The molecule has 6 nitrogen and oxygen atoms in total. The summed E-state index contributed by atoms with van der Waals surface area (Å²) in [6, 6.07) is 2.65. The lowest BCUT2D eigenvalue weighted by Crippen LogP contribution is -2.23. The second-order valence-corrected chi connectivity index (χ2v) is 5.05. The third-order valence-electron chi connectivity index (χ3n) is 3.07. The van der Waals surface area contributed by atoms with Gasteiger partial charge in [0.1, 0.15) is 30.0 Å². The molecule has 1 atom stereocenters. The number of halogens is 2. The van der Waals surface area contributed by atoms with Gasteiger partial charge in [0.2, 0.25) is 0 Å². The lowest BCUT2D eigenvalue weighted by Gasteiger charge is -2.13. The third kappa shape index (κ3) is 3.32. The van der Waals surface area contributed by atoms with Crippen LogP contribution in [0.4, 0.5) is 8.78 Å². The lowest BCUT2D eigenvalue weighted by atomic mass is 10.1. The molecule has 0 aliphatic rings. The summed E-state index contributed by atoms with van der Waals surface area (Å²) in [6.45, 7) is 3.01. The van der Waals surface area contributed by atoms with Crippen LogP contribution in [-0.4, -0.2) is 32.6 Å². The first-order valence-corrected chi connectivity index (χ1v) is 7.02. The van der Waals surface area contributed by atoms with Crippen LogP contribution >= 0.6 is 0 Å². The number of ether oxygens (including phenoxy) is 1. The first kappa shape index (κ1) is 16.1. The van der Waals surface area contributed by atoms with Crippen LogP contribution < -0.4 is 10.4 Å². The molecule has 0 unspecified atom stereocenters. The van der Waals surface area contributed by atoms with Crippen molar-refractivity contribution < 1.29 is 13.5 Å². The summed E-state index contributed by atoms with van der Waals surface area (Å²) in [4.78, 5) is 12.0. The summed E-state index contributed by atoms with van der Waals surface area (Å²) in [6.07, 6.45) is 0.0333. The average Bonchev–Trinajstić information content (AvgIpc) is 2.79. The Morgan fingerprint density at radius 3 is 2.64 bits per heavy atom. The zero-order valence-electron chi connectivity index (χ0n) is 12.7. The summed E-state index contributed by atoms with van der Waals surface area (Å²) in [7, 11) is 1.45. The molecule has 120 valence electrons. The van der Waals surface area contributed by atoms with Gasteiger partial charge in [-0.2, -0.15) is 9.36 Å². The highest BCUT2D eigenvalue weighted by Crippen LogP contribution is 2.26. The molecule has 1 aromatic carbocycles. The smallest absolute Gasteiger partial charge is 0.368 e. The highest BCUT2D eigenvalue weighted by molar-refractivity contribution is 5.49. The second kappa shape index (κ2) is 6.67. The standard InChI is InChI=1S/C14H18F2N4O2/c1-4-5-10-6-12(20-14(21)19(3)17-18-20)13(7-11(10)16)22-8-9(2)15/h6-7,9H,4-5,8H2,1-3H3/t9-/m0/s1. The molecule has 0 aliphatic heterocycles. The maximum Gasteiger partial charge on any atom is 0.368 e. The molecule has 0 fully saturated rings. The zero-order chi connectivity index (χ0) is 16.3. The molecule has 22 heavy (non-hydrogen) atoms. The van der Waals surface area contributed by atoms with Gasteiger partial charge in [-0.15, -0.1) is 0 Å². The number of hydrogen-bond acceptors (Lipinski definition) is 4. The van der Waals surface area contributed by atoms with Gasteiger partial charge >= 0.3 is 5.69 Å². The van der Waals surface area contributed by atoms with Crippen molar-refractivity contribution in [3.05, 3.63) is 34.0 Å². The van der Waals surface area contributed by atoms with E-state index in [1.165, 1.54) is 20.0 Å². The van der Waals surface area contributed by atoms with Crippen molar-refractivity contribution in [3.63, 3.8) is 0 Å². The Labute approximate surface area is 126 Å². The van der Waals surface area contributed by atoms with E-state index in [9.17, 15) is 13.6 Å². The van der Waals surface area contributed by atoms with Gasteiger partial charge in [-0.3, -0.25) is 0 Å². The van der Waals surface area contributed by atoms with Gasteiger partial charge < -0.3 is 4.74 Å². The molecule has 0 N–H and O–H groups in total. The summed E-state index contributed by atoms with van der Waals surface area (Å²) >= 11 is 0. The number of alkyl halides is 1. The van der Waals surface area contributed by atoms with E-state index in [2.05, 4.69) is 10.4 Å². The van der Waals surface area contributed by atoms with Crippen molar-refractivity contribution in [3.8, 4) is 11.4 Å². The SMILES string of the molecule is CCCc1cc(-n2nnn(C)c2=O)c(OC[C@H](C)F)cc1F. The fourth-order valence-electron chi connectivity index (χ4n) is 2.00. The number of hydrogen-bond donors (Lipinski definition) is 0. The molecule has 0 saturated carbocycles. The summed E-state index contributed by atoms with van der Waals surface area (Å²) in [5.74, 6) is -0.395. The van der Waals surface area contributed by atoms with Gasteiger partial charge in [0, 0.05) is 13.1 Å². The molecule has 2 aromatic rings. The minimum atomic E-state index is -1.22. The fourth-order valence-corrected chi connectivity index (χ4v) is 2.00. The molecular weight excluding hydrogens is 294 g/mol. The van der Waals surface area contributed by atoms with Gasteiger partial charge in [0.15, 0.2) is 0 Å². The Bertz CT molecular complexity index is 709. The summed E-state index contributed by atoms with van der Waals surface area (Å²) in [5, 5.41) is 7.35. The quantitative estimate of drug-likeness (QED) is 0.816. The van der Waals surface area contributed by atoms with Crippen molar-refractivity contribution in [1.29, 1.82) is 0 Å². The predicted octanol–water partition coefficient (Wildman–Crippen LogP) is 1.79. The molecule has 0 spiro atoms. The average molecular weight is 312 g/mol. The van der Waals surface area contributed by atoms with E-state index in [0.29, 0.717) is 12.0 Å². The molecule has 0 amide bonds. The van der Waals surface area contributed by atoms with Crippen LogP contribution in [0.2, 0.25) is 0 Å². The van der Waals surface area contributed by atoms with E-state index < -0.39 is 17.7 Å². The normalized spacial score (nSPS) is 12.4. The molecule has 1 heterocycles. The Morgan fingerprint density at radius 1 is 1.36 bits per heavy atom. The Hall–Kier alpha value is -2.25. The van der Waals surface area contributed by atoms with Crippen LogP contribution in [0, 0.1) is 5.82 Å². The van der Waals surface area contributed by atoms with Crippen molar-refractivity contribution in [2.24, 2.45) is 7.05 Å². The number of rotatable bonds is 6. The van der Waals surface area contributed by atoms with Gasteiger partial charge in [-0.1, -0.05) is 13.3 Å². The summed E-state index contributed by atoms with van der Waals surface area (Å²) < 4.78 is 34.4.